The Hall–Kier alpha value is -3.71. The molecule has 0 unspecified atom stereocenters. The highest BCUT2D eigenvalue weighted by atomic mass is 16.5. The first-order chi connectivity index (χ1) is 18.4. The minimum absolute atomic E-state index is 0.0175. The summed E-state index contributed by atoms with van der Waals surface area (Å²) >= 11 is 0. The van der Waals surface area contributed by atoms with E-state index in [4.69, 9.17) is 4.74 Å². The van der Waals surface area contributed by atoms with Gasteiger partial charge < -0.3 is 20.5 Å². The van der Waals surface area contributed by atoms with Crippen molar-refractivity contribution < 1.29 is 24.2 Å². The molecule has 2 aromatic carbocycles. The van der Waals surface area contributed by atoms with Crippen LogP contribution >= 0.6 is 0 Å². The molecule has 7 heteroatoms. The molecule has 0 radical (unpaired) electrons. The minimum atomic E-state index is -0.631. The number of aliphatic hydroxyl groups excluding tert-OH is 1. The average molecular weight is 521 g/mol. The van der Waals surface area contributed by atoms with E-state index in [1.165, 1.54) is 0 Å². The zero-order valence-electron chi connectivity index (χ0n) is 22.2. The van der Waals surface area contributed by atoms with Gasteiger partial charge in [-0.3, -0.25) is 14.4 Å². The van der Waals surface area contributed by atoms with Gasteiger partial charge in [0.2, 0.25) is 11.8 Å². The van der Waals surface area contributed by atoms with E-state index in [1.54, 1.807) is 19.1 Å². The van der Waals surface area contributed by atoms with Gasteiger partial charge in [0.05, 0.1) is 30.5 Å². The zero-order valence-corrected chi connectivity index (χ0v) is 22.2. The lowest BCUT2D eigenvalue weighted by Gasteiger charge is -2.22. The van der Waals surface area contributed by atoms with Crippen molar-refractivity contribution in [3.8, 4) is 0 Å². The normalized spacial score (nSPS) is 13.8. The van der Waals surface area contributed by atoms with Crippen LogP contribution in [0.3, 0.4) is 0 Å². The van der Waals surface area contributed by atoms with Crippen molar-refractivity contribution in [2.75, 3.05) is 13.2 Å². The molecule has 0 bridgehead atoms. The molecule has 2 aromatic rings. The quantitative estimate of drug-likeness (QED) is 0.218. The van der Waals surface area contributed by atoms with Gasteiger partial charge in [0, 0.05) is 6.42 Å². The van der Waals surface area contributed by atoms with Crippen molar-refractivity contribution in [2.45, 2.75) is 51.1 Å². The zero-order chi connectivity index (χ0) is 27.8. The summed E-state index contributed by atoms with van der Waals surface area (Å²) in [6, 6.07) is 18.4. The first-order valence-corrected chi connectivity index (χ1v) is 13.0. The topological polar surface area (TPSA) is 105 Å². The Kier molecular flexibility index (Phi) is 13.6. The first kappa shape index (κ1) is 30.5. The van der Waals surface area contributed by atoms with Crippen LogP contribution < -0.4 is 10.6 Å². The Balaban J connectivity index is 1.85. The van der Waals surface area contributed by atoms with Crippen LogP contribution in [0, 0.1) is 11.8 Å². The third-order valence-electron chi connectivity index (χ3n) is 6.14. The Bertz CT molecular complexity index is 1030. The molecule has 2 amide bonds. The number of aliphatic hydroxyl groups is 1. The monoisotopic (exact) mass is 520 g/mol. The summed E-state index contributed by atoms with van der Waals surface area (Å²) in [5.74, 6) is -1.97. The number of carbonyl (C=O) groups is 3. The molecule has 204 valence electrons. The number of rotatable bonds is 17. The molecule has 0 spiro atoms. The number of esters is 1. The molecule has 2 rings (SSSR count). The van der Waals surface area contributed by atoms with Gasteiger partial charge in [0.15, 0.2) is 0 Å². The van der Waals surface area contributed by atoms with Crippen molar-refractivity contribution >= 4 is 17.8 Å². The van der Waals surface area contributed by atoms with Crippen LogP contribution in [0.2, 0.25) is 0 Å². The Morgan fingerprint density at radius 1 is 0.868 bits per heavy atom. The lowest BCUT2D eigenvalue weighted by atomic mass is 9.96. The highest BCUT2D eigenvalue weighted by Crippen LogP contribution is 2.16. The Morgan fingerprint density at radius 2 is 1.42 bits per heavy atom. The van der Waals surface area contributed by atoms with Crippen LogP contribution in [0.25, 0.3) is 0 Å². The van der Waals surface area contributed by atoms with Crippen LogP contribution in [0.4, 0.5) is 0 Å². The van der Waals surface area contributed by atoms with Crippen molar-refractivity contribution in [1.82, 2.24) is 10.6 Å². The molecule has 0 aliphatic rings. The second-order valence-corrected chi connectivity index (χ2v) is 9.51. The maximum atomic E-state index is 12.9. The number of nitrogens with one attached hydrogen (secondary N) is 2. The average Bonchev–Trinajstić information content (AvgIpc) is 2.92. The van der Waals surface area contributed by atoms with Gasteiger partial charge in [0.1, 0.15) is 6.61 Å². The Labute approximate surface area is 226 Å². The van der Waals surface area contributed by atoms with Crippen molar-refractivity contribution in [2.24, 2.45) is 11.8 Å². The number of amides is 2. The highest BCUT2D eigenvalue weighted by molar-refractivity contribution is 5.86. The molecule has 0 heterocycles. The molecule has 0 saturated heterocycles. The lowest BCUT2D eigenvalue weighted by molar-refractivity contribution is -0.149. The third kappa shape index (κ3) is 11.1. The van der Waals surface area contributed by atoms with Crippen molar-refractivity contribution in [3.63, 3.8) is 0 Å². The van der Waals surface area contributed by atoms with Gasteiger partial charge in [0.25, 0.3) is 0 Å². The van der Waals surface area contributed by atoms with Gasteiger partial charge in [-0.05, 0) is 43.7 Å². The maximum Gasteiger partial charge on any atom is 0.309 e. The van der Waals surface area contributed by atoms with Gasteiger partial charge in [-0.2, -0.15) is 0 Å². The summed E-state index contributed by atoms with van der Waals surface area (Å²) in [7, 11) is 0. The number of allylic oxidation sites excluding steroid dienone is 2. The van der Waals surface area contributed by atoms with Crippen LogP contribution in [-0.2, 0) is 32.0 Å². The SMILES string of the molecule is C=CC[C@H](CC(=O)N[C@@H](CO)Cc1ccccc1)C(=O)N[C@@H](C)COC(=O)[C@@H](CC=C)Cc1ccccc1. The second kappa shape index (κ2) is 16.9. The highest BCUT2D eigenvalue weighted by Gasteiger charge is 2.25. The molecule has 0 saturated carbocycles. The predicted octanol–water partition coefficient (Wildman–Crippen LogP) is 3.77. The summed E-state index contributed by atoms with van der Waals surface area (Å²) in [5.41, 5.74) is 2.03. The minimum Gasteiger partial charge on any atom is -0.463 e. The standard InChI is InChI=1S/C31H40N2O5/c1-4-12-26(20-29(35)33-28(21-34)19-25-16-10-7-11-17-25)30(36)32-23(3)22-38-31(37)27(13-5-2)18-24-14-8-6-9-15-24/h4-11,14-17,23,26-28,34H,1-2,12-13,18-22H2,3H3,(H,32,36)(H,33,35)/t23-,26+,27-,28+/m0/s1. The number of benzene rings is 2. The molecule has 0 aromatic heterocycles. The Morgan fingerprint density at radius 3 is 1.97 bits per heavy atom. The van der Waals surface area contributed by atoms with Crippen LogP contribution in [0.15, 0.2) is 86.0 Å². The number of carbonyl (C=O) groups excluding carboxylic acids is 3. The van der Waals surface area contributed by atoms with Crippen LogP contribution in [-0.4, -0.2) is 48.2 Å². The maximum absolute atomic E-state index is 12.9. The fourth-order valence-electron chi connectivity index (χ4n) is 4.14. The first-order valence-electron chi connectivity index (χ1n) is 13.0. The van der Waals surface area contributed by atoms with Gasteiger partial charge in [-0.1, -0.05) is 72.8 Å². The fraction of sp³-hybridized carbons (Fsp3) is 0.387. The molecule has 4 atom stereocenters. The van der Waals surface area contributed by atoms with Crippen molar-refractivity contribution in [3.05, 3.63) is 97.1 Å². The van der Waals surface area contributed by atoms with E-state index in [1.807, 2.05) is 60.7 Å². The summed E-state index contributed by atoms with van der Waals surface area (Å²) in [5, 5.41) is 15.4. The van der Waals surface area contributed by atoms with E-state index >= 15 is 0 Å². The number of hydrogen-bond donors (Lipinski definition) is 3. The number of hydrogen-bond acceptors (Lipinski definition) is 5. The van der Waals surface area contributed by atoms with Gasteiger partial charge in [-0.15, -0.1) is 13.2 Å². The molecule has 3 N–H and O–H groups in total. The van der Waals surface area contributed by atoms with E-state index < -0.39 is 18.0 Å². The molecule has 0 aliphatic carbocycles. The molecule has 38 heavy (non-hydrogen) atoms. The van der Waals surface area contributed by atoms with Crippen LogP contribution in [0.5, 0.6) is 0 Å². The van der Waals surface area contributed by atoms with E-state index in [2.05, 4.69) is 23.8 Å². The molecule has 7 nitrogen and oxygen atoms in total. The summed E-state index contributed by atoms with van der Waals surface area (Å²) in [6.07, 6.45) is 5.08. The largest absolute Gasteiger partial charge is 0.463 e. The number of ether oxygens (including phenoxy) is 1. The summed E-state index contributed by atoms with van der Waals surface area (Å²) < 4.78 is 5.51. The molecular formula is C31H40N2O5. The van der Waals surface area contributed by atoms with Gasteiger partial charge >= 0.3 is 5.97 Å². The van der Waals surface area contributed by atoms with E-state index in [0.29, 0.717) is 25.7 Å². The summed E-state index contributed by atoms with van der Waals surface area (Å²) in [4.78, 5) is 38.3. The van der Waals surface area contributed by atoms with Crippen LogP contribution in [0.1, 0.15) is 37.3 Å². The van der Waals surface area contributed by atoms with E-state index in [-0.39, 0.29) is 43.3 Å². The molecule has 0 aliphatic heterocycles. The fourth-order valence-corrected chi connectivity index (χ4v) is 4.14. The van der Waals surface area contributed by atoms with E-state index in [0.717, 1.165) is 11.1 Å². The molecular weight excluding hydrogens is 480 g/mol. The predicted molar refractivity (Wildman–Crippen MR) is 149 cm³/mol. The van der Waals surface area contributed by atoms with Crippen molar-refractivity contribution in [1.29, 1.82) is 0 Å². The molecule has 0 fully saturated rings. The lowest BCUT2D eigenvalue weighted by Crippen LogP contribution is -2.44. The second-order valence-electron chi connectivity index (χ2n) is 9.51. The third-order valence-corrected chi connectivity index (χ3v) is 6.14. The smallest absolute Gasteiger partial charge is 0.309 e. The van der Waals surface area contributed by atoms with Gasteiger partial charge in [-0.25, -0.2) is 0 Å². The summed E-state index contributed by atoms with van der Waals surface area (Å²) in [6.45, 7) is 9.00. The van der Waals surface area contributed by atoms with E-state index in [9.17, 15) is 19.5 Å².